The standard InChI is InChI=1S/C20H24FN3O2/c1-13-10-14(2)23-18(13)20(26)24-9-5-7-16(12-24)19(25)22-11-15-6-3-4-8-17(15)21/h3-4,6,8,10,16,23H,5,7,9,11-12H2,1-2H3,(H,22,25)/t16-/m1/s1. The Morgan fingerprint density at radius 2 is 2.08 bits per heavy atom. The van der Waals surface area contributed by atoms with Crippen molar-refractivity contribution in [2.75, 3.05) is 13.1 Å². The van der Waals surface area contributed by atoms with E-state index in [1.54, 1.807) is 23.1 Å². The first-order valence-electron chi connectivity index (χ1n) is 8.92. The summed E-state index contributed by atoms with van der Waals surface area (Å²) in [6.07, 6.45) is 1.51. The molecule has 0 spiro atoms. The molecule has 2 heterocycles. The number of carbonyl (C=O) groups is 2. The molecule has 1 aromatic heterocycles. The molecule has 0 unspecified atom stereocenters. The van der Waals surface area contributed by atoms with Crippen molar-refractivity contribution >= 4 is 11.8 Å². The normalized spacial score (nSPS) is 17.2. The van der Waals surface area contributed by atoms with Crippen LogP contribution in [0.3, 0.4) is 0 Å². The summed E-state index contributed by atoms with van der Waals surface area (Å²) in [7, 11) is 0. The average molecular weight is 357 g/mol. The number of halogens is 1. The fourth-order valence-electron chi connectivity index (χ4n) is 3.45. The third-order valence-electron chi connectivity index (χ3n) is 4.85. The molecule has 1 aliphatic rings. The van der Waals surface area contributed by atoms with Crippen molar-refractivity contribution < 1.29 is 14.0 Å². The van der Waals surface area contributed by atoms with E-state index in [4.69, 9.17) is 0 Å². The van der Waals surface area contributed by atoms with E-state index < -0.39 is 0 Å². The van der Waals surface area contributed by atoms with Crippen LogP contribution in [0.5, 0.6) is 0 Å². The zero-order valence-corrected chi connectivity index (χ0v) is 15.1. The van der Waals surface area contributed by atoms with Gasteiger partial charge in [-0.2, -0.15) is 0 Å². The Morgan fingerprint density at radius 3 is 2.77 bits per heavy atom. The van der Waals surface area contributed by atoms with E-state index in [1.807, 2.05) is 19.9 Å². The summed E-state index contributed by atoms with van der Waals surface area (Å²) in [6, 6.07) is 8.34. The molecule has 1 atom stereocenters. The number of nitrogens with zero attached hydrogens (tertiary/aromatic N) is 1. The van der Waals surface area contributed by atoms with E-state index in [1.165, 1.54) is 6.07 Å². The van der Waals surface area contributed by atoms with Gasteiger partial charge in [-0.1, -0.05) is 18.2 Å². The number of aromatic amines is 1. The molecule has 2 amide bonds. The second-order valence-electron chi connectivity index (χ2n) is 6.91. The Morgan fingerprint density at radius 1 is 1.31 bits per heavy atom. The number of aromatic nitrogens is 1. The van der Waals surface area contributed by atoms with E-state index in [0.717, 1.165) is 24.1 Å². The van der Waals surface area contributed by atoms with Gasteiger partial charge in [0.25, 0.3) is 5.91 Å². The lowest BCUT2D eigenvalue weighted by atomic mass is 9.96. The summed E-state index contributed by atoms with van der Waals surface area (Å²) >= 11 is 0. The molecule has 6 heteroatoms. The van der Waals surface area contributed by atoms with Crippen molar-refractivity contribution in [2.24, 2.45) is 5.92 Å². The van der Waals surface area contributed by atoms with Crippen LogP contribution < -0.4 is 5.32 Å². The van der Waals surface area contributed by atoms with Crippen LogP contribution in [0.25, 0.3) is 0 Å². The summed E-state index contributed by atoms with van der Waals surface area (Å²) in [6.45, 7) is 5.01. The zero-order valence-electron chi connectivity index (χ0n) is 15.1. The monoisotopic (exact) mass is 357 g/mol. The predicted molar refractivity (Wildman–Crippen MR) is 97.1 cm³/mol. The van der Waals surface area contributed by atoms with Gasteiger partial charge in [0, 0.05) is 30.9 Å². The molecule has 0 saturated carbocycles. The summed E-state index contributed by atoms with van der Waals surface area (Å²) in [5.74, 6) is -0.797. The van der Waals surface area contributed by atoms with Crippen LogP contribution in [-0.2, 0) is 11.3 Å². The van der Waals surface area contributed by atoms with Gasteiger partial charge in [-0.05, 0) is 44.4 Å². The summed E-state index contributed by atoms with van der Waals surface area (Å²) < 4.78 is 13.7. The molecule has 2 aromatic rings. The lowest BCUT2D eigenvalue weighted by Crippen LogP contribution is -2.45. The van der Waals surface area contributed by atoms with Crippen molar-refractivity contribution in [3.8, 4) is 0 Å². The van der Waals surface area contributed by atoms with Crippen LogP contribution in [-0.4, -0.2) is 34.8 Å². The largest absolute Gasteiger partial charge is 0.354 e. The fourth-order valence-corrected chi connectivity index (χ4v) is 3.45. The SMILES string of the molecule is Cc1cc(C)c(C(=O)N2CCC[C@@H](C(=O)NCc3ccccc3F)C2)[nH]1. The number of carbonyl (C=O) groups excluding carboxylic acids is 2. The maximum atomic E-state index is 13.7. The number of piperidine rings is 1. The number of hydrogen-bond acceptors (Lipinski definition) is 2. The molecule has 1 aromatic carbocycles. The van der Waals surface area contributed by atoms with Gasteiger partial charge in [-0.3, -0.25) is 9.59 Å². The quantitative estimate of drug-likeness (QED) is 0.884. The smallest absolute Gasteiger partial charge is 0.270 e. The molecule has 0 radical (unpaired) electrons. The van der Waals surface area contributed by atoms with E-state index in [9.17, 15) is 14.0 Å². The Bertz CT molecular complexity index is 815. The highest BCUT2D eigenvalue weighted by Gasteiger charge is 2.30. The van der Waals surface area contributed by atoms with Crippen molar-refractivity contribution in [2.45, 2.75) is 33.2 Å². The van der Waals surface area contributed by atoms with Gasteiger partial charge >= 0.3 is 0 Å². The third-order valence-corrected chi connectivity index (χ3v) is 4.85. The molecule has 0 aliphatic carbocycles. The van der Waals surface area contributed by atoms with Crippen LogP contribution in [0.2, 0.25) is 0 Å². The molecule has 0 bridgehead atoms. The molecule has 1 saturated heterocycles. The number of amides is 2. The Kier molecular flexibility index (Phi) is 5.40. The van der Waals surface area contributed by atoms with E-state index in [0.29, 0.717) is 24.3 Å². The van der Waals surface area contributed by atoms with Crippen molar-refractivity contribution in [1.82, 2.24) is 15.2 Å². The Balaban J connectivity index is 1.61. The predicted octanol–water partition coefficient (Wildman–Crippen LogP) is 2.94. The topological polar surface area (TPSA) is 65.2 Å². The molecular weight excluding hydrogens is 333 g/mol. The first-order chi connectivity index (χ1) is 12.5. The number of rotatable bonds is 4. The molecule has 1 aliphatic heterocycles. The lowest BCUT2D eigenvalue weighted by Gasteiger charge is -2.32. The van der Waals surface area contributed by atoms with Gasteiger partial charge in [-0.15, -0.1) is 0 Å². The number of aryl methyl sites for hydroxylation is 2. The van der Waals surface area contributed by atoms with Gasteiger partial charge in [0.1, 0.15) is 11.5 Å². The van der Waals surface area contributed by atoms with Gasteiger partial charge in [0.15, 0.2) is 0 Å². The van der Waals surface area contributed by atoms with Crippen LogP contribution in [0.4, 0.5) is 4.39 Å². The van der Waals surface area contributed by atoms with E-state index in [-0.39, 0.29) is 30.1 Å². The molecule has 26 heavy (non-hydrogen) atoms. The number of hydrogen-bond donors (Lipinski definition) is 2. The third kappa shape index (κ3) is 3.95. The number of nitrogens with one attached hydrogen (secondary N) is 2. The van der Waals surface area contributed by atoms with Gasteiger partial charge in [-0.25, -0.2) is 4.39 Å². The molecule has 3 rings (SSSR count). The highest BCUT2D eigenvalue weighted by atomic mass is 19.1. The number of likely N-dealkylation sites (tertiary alicyclic amines) is 1. The fraction of sp³-hybridized carbons (Fsp3) is 0.400. The minimum atomic E-state index is -0.328. The molecule has 5 nitrogen and oxygen atoms in total. The second-order valence-corrected chi connectivity index (χ2v) is 6.91. The minimum Gasteiger partial charge on any atom is -0.354 e. The first kappa shape index (κ1) is 18.2. The summed E-state index contributed by atoms with van der Waals surface area (Å²) in [5.41, 5.74) is 2.91. The summed E-state index contributed by atoms with van der Waals surface area (Å²) in [4.78, 5) is 30.1. The lowest BCUT2D eigenvalue weighted by molar-refractivity contribution is -0.126. The Labute approximate surface area is 152 Å². The zero-order chi connectivity index (χ0) is 18.7. The maximum Gasteiger partial charge on any atom is 0.270 e. The number of H-pyrrole nitrogens is 1. The van der Waals surface area contributed by atoms with Crippen LogP contribution in [0, 0.1) is 25.6 Å². The molecular formula is C20H24FN3O2. The van der Waals surface area contributed by atoms with Crippen molar-refractivity contribution in [3.05, 3.63) is 58.7 Å². The summed E-state index contributed by atoms with van der Waals surface area (Å²) in [5, 5.41) is 2.80. The van der Waals surface area contributed by atoms with E-state index in [2.05, 4.69) is 10.3 Å². The highest BCUT2D eigenvalue weighted by molar-refractivity contribution is 5.94. The first-order valence-corrected chi connectivity index (χ1v) is 8.92. The second kappa shape index (κ2) is 7.72. The highest BCUT2D eigenvalue weighted by Crippen LogP contribution is 2.20. The van der Waals surface area contributed by atoms with E-state index >= 15 is 0 Å². The van der Waals surface area contributed by atoms with Crippen molar-refractivity contribution in [1.29, 1.82) is 0 Å². The molecule has 1 fully saturated rings. The minimum absolute atomic E-state index is 0.0674. The van der Waals surface area contributed by atoms with Crippen LogP contribution in [0.15, 0.2) is 30.3 Å². The van der Waals surface area contributed by atoms with Crippen LogP contribution in [0.1, 0.15) is 40.2 Å². The van der Waals surface area contributed by atoms with Crippen LogP contribution >= 0.6 is 0 Å². The number of benzene rings is 1. The maximum absolute atomic E-state index is 13.7. The average Bonchev–Trinajstić information content (AvgIpc) is 2.98. The Hall–Kier alpha value is -2.63. The van der Waals surface area contributed by atoms with Crippen molar-refractivity contribution in [3.63, 3.8) is 0 Å². The molecule has 138 valence electrons. The van der Waals surface area contributed by atoms with Gasteiger partial charge in [0.05, 0.1) is 5.92 Å². The molecule has 2 N–H and O–H groups in total. The van der Waals surface area contributed by atoms with Gasteiger partial charge < -0.3 is 15.2 Å². The van der Waals surface area contributed by atoms with Gasteiger partial charge in [0.2, 0.25) is 5.91 Å².